The van der Waals surface area contributed by atoms with Crippen molar-refractivity contribution in [3.63, 3.8) is 0 Å². The Morgan fingerprint density at radius 1 is 1.42 bits per heavy atom. The van der Waals surface area contributed by atoms with Crippen molar-refractivity contribution < 1.29 is 14.6 Å². The fourth-order valence-corrected chi connectivity index (χ4v) is 1.51. The minimum atomic E-state index is -1.13. The summed E-state index contributed by atoms with van der Waals surface area (Å²) in [6, 6.07) is 6.00. The smallest absolute Gasteiger partial charge is 0.312 e. The van der Waals surface area contributed by atoms with E-state index < -0.39 is 12.0 Å². The largest absolute Gasteiger partial charge is 0.488 e. The molecular formula is C13H17N3O3. The maximum atomic E-state index is 10.9. The Balaban J connectivity index is 2.76. The van der Waals surface area contributed by atoms with E-state index in [1.165, 1.54) is 0 Å². The molecule has 1 atom stereocenters. The molecule has 1 unspecified atom stereocenters. The monoisotopic (exact) mass is 263 g/mol. The Morgan fingerprint density at radius 3 is 2.42 bits per heavy atom. The highest BCUT2D eigenvalue weighted by Gasteiger charge is 2.16. The molecule has 0 aromatic heterocycles. The predicted molar refractivity (Wildman–Crippen MR) is 71.1 cm³/mol. The molecular weight excluding hydrogens is 246 g/mol. The second-order valence-electron chi connectivity index (χ2n) is 5.12. The van der Waals surface area contributed by atoms with E-state index in [2.05, 4.69) is 10.0 Å². The molecule has 0 aliphatic heterocycles. The summed E-state index contributed by atoms with van der Waals surface area (Å²) >= 11 is 0. The van der Waals surface area contributed by atoms with E-state index in [1.807, 2.05) is 20.8 Å². The van der Waals surface area contributed by atoms with Crippen LogP contribution < -0.4 is 4.74 Å². The number of azide groups is 1. The molecule has 0 saturated carbocycles. The first-order valence-corrected chi connectivity index (χ1v) is 5.87. The van der Waals surface area contributed by atoms with Gasteiger partial charge in [0.1, 0.15) is 17.4 Å². The zero-order valence-electron chi connectivity index (χ0n) is 11.2. The second kappa shape index (κ2) is 6.11. The molecule has 6 heteroatoms. The van der Waals surface area contributed by atoms with Gasteiger partial charge in [0.15, 0.2) is 0 Å². The Morgan fingerprint density at radius 2 is 2.00 bits per heavy atom. The topological polar surface area (TPSA) is 95.3 Å². The molecule has 0 bridgehead atoms. The maximum absolute atomic E-state index is 10.9. The van der Waals surface area contributed by atoms with Crippen molar-refractivity contribution >= 4 is 5.97 Å². The van der Waals surface area contributed by atoms with Gasteiger partial charge in [0, 0.05) is 4.91 Å². The summed E-state index contributed by atoms with van der Waals surface area (Å²) in [5.74, 6) is -0.417. The number of hydrogen-bond donors (Lipinski definition) is 1. The van der Waals surface area contributed by atoms with E-state index in [1.54, 1.807) is 24.3 Å². The molecule has 0 saturated heterocycles. The van der Waals surface area contributed by atoms with E-state index in [4.69, 9.17) is 15.4 Å². The van der Waals surface area contributed by atoms with Crippen LogP contribution in [0.2, 0.25) is 0 Å². The lowest BCUT2D eigenvalue weighted by Gasteiger charge is -2.21. The van der Waals surface area contributed by atoms with Crippen LogP contribution in [0.15, 0.2) is 29.4 Å². The Kier molecular flexibility index (Phi) is 4.78. The number of nitrogens with zero attached hydrogens (tertiary/aromatic N) is 3. The Bertz CT molecular complexity index is 483. The van der Waals surface area contributed by atoms with Crippen LogP contribution >= 0.6 is 0 Å². The fourth-order valence-electron chi connectivity index (χ4n) is 1.51. The van der Waals surface area contributed by atoms with Gasteiger partial charge < -0.3 is 9.84 Å². The van der Waals surface area contributed by atoms with Crippen LogP contribution in [0.3, 0.4) is 0 Å². The van der Waals surface area contributed by atoms with Crippen molar-refractivity contribution in [1.29, 1.82) is 0 Å². The summed E-state index contributed by atoms with van der Waals surface area (Å²) in [5.41, 5.74) is 8.81. The van der Waals surface area contributed by atoms with Gasteiger partial charge in [0.25, 0.3) is 0 Å². The van der Waals surface area contributed by atoms with Crippen LogP contribution in [0.4, 0.5) is 0 Å². The molecule has 0 amide bonds. The lowest BCUT2D eigenvalue weighted by molar-refractivity contribution is -0.138. The number of aliphatic carboxylic acids is 1. The van der Waals surface area contributed by atoms with Gasteiger partial charge in [-0.15, -0.1) is 0 Å². The van der Waals surface area contributed by atoms with Gasteiger partial charge >= 0.3 is 5.97 Å². The molecule has 102 valence electrons. The lowest BCUT2D eigenvalue weighted by Crippen LogP contribution is -2.23. The number of carboxylic acid groups (broad SMARTS) is 1. The van der Waals surface area contributed by atoms with Crippen LogP contribution in [-0.2, 0) is 11.2 Å². The van der Waals surface area contributed by atoms with Crippen molar-refractivity contribution in [1.82, 2.24) is 0 Å². The van der Waals surface area contributed by atoms with Crippen LogP contribution in [-0.4, -0.2) is 22.7 Å². The summed E-state index contributed by atoms with van der Waals surface area (Å²) in [6.07, 6.45) is 0.162. The van der Waals surface area contributed by atoms with Crippen LogP contribution in [0.5, 0.6) is 5.75 Å². The van der Waals surface area contributed by atoms with E-state index in [-0.39, 0.29) is 12.0 Å². The first-order chi connectivity index (χ1) is 8.81. The zero-order valence-corrected chi connectivity index (χ0v) is 11.2. The van der Waals surface area contributed by atoms with E-state index in [0.29, 0.717) is 5.75 Å². The molecule has 0 aliphatic carbocycles. The molecule has 0 heterocycles. The number of hydrogen-bond acceptors (Lipinski definition) is 3. The number of carbonyl (C=O) groups is 1. The quantitative estimate of drug-likeness (QED) is 0.502. The average Bonchev–Trinajstić information content (AvgIpc) is 2.29. The van der Waals surface area contributed by atoms with Gasteiger partial charge in [-0.2, -0.15) is 0 Å². The van der Waals surface area contributed by atoms with Crippen LogP contribution in [0.25, 0.3) is 10.4 Å². The molecule has 0 spiro atoms. The Labute approximate surface area is 111 Å². The van der Waals surface area contributed by atoms with Crippen LogP contribution in [0.1, 0.15) is 26.3 Å². The van der Waals surface area contributed by atoms with Gasteiger partial charge in [-0.3, -0.25) is 4.79 Å². The summed E-state index contributed by atoms with van der Waals surface area (Å²) in [5, 5.41) is 12.1. The SMILES string of the molecule is CC(C)(C)Oc1ccc(CC(N=[N+]=[N-])C(=O)O)cc1. The second-order valence-corrected chi connectivity index (χ2v) is 5.12. The third-order valence-electron chi connectivity index (χ3n) is 2.25. The van der Waals surface area contributed by atoms with E-state index in [9.17, 15) is 4.79 Å². The molecule has 6 nitrogen and oxygen atoms in total. The molecule has 1 aromatic carbocycles. The van der Waals surface area contributed by atoms with Gasteiger partial charge in [-0.25, -0.2) is 0 Å². The number of rotatable bonds is 5. The molecule has 1 rings (SSSR count). The van der Waals surface area contributed by atoms with Crippen molar-refractivity contribution in [2.45, 2.75) is 38.8 Å². The Hall–Kier alpha value is -2.20. The molecule has 0 fully saturated rings. The van der Waals surface area contributed by atoms with Crippen LogP contribution in [0, 0.1) is 0 Å². The molecule has 0 radical (unpaired) electrons. The average molecular weight is 263 g/mol. The summed E-state index contributed by atoms with van der Waals surface area (Å²) < 4.78 is 5.66. The first kappa shape index (κ1) is 14.9. The molecule has 0 aliphatic rings. The van der Waals surface area contributed by atoms with Crippen molar-refractivity contribution in [3.05, 3.63) is 40.3 Å². The van der Waals surface area contributed by atoms with Gasteiger partial charge in [0.2, 0.25) is 0 Å². The molecule has 1 aromatic rings. The highest BCUT2D eigenvalue weighted by molar-refractivity contribution is 5.74. The first-order valence-electron chi connectivity index (χ1n) is 5.87. The number of benzene rings is 1. The van der Waals surface area contributed by atoms with Crippen molar-refractivity contribution in [3.8, 4) is 5.75 Å². The zero-order chi connectivity index (χ0) is 14.5. The predicted octanol–water partition coefficient (Wildman–Crippen LogP) is 3.17. The maximum Gasteiger partial charge on any atom is 0.312 e. The van der Waals surface area contributed by atoms with Crippen molar-refractivity contribution in [2.24, 2.45) is 5.11 Å². The minimum Gasteiger partial charge on any atom is -0.488 e. The number of ether oxygens (including phenoxy) is 1. The molecule has 19 heavy (non-hydrogen) atoms. The normalized spacial score (nSPS) is 12.4. The highest BCUT2D eigenvalue weighted by Crippen LogP contribution is 2.19. The fraction of sp³-hybridized carbons (Fsp3) is 0.462. The summed E-state index contributed by atoms with van der Waals surface area (Å²) in [7, 11) is 0. The molecule has 1 N–H and O–H groups in total. The highest BCUT2D eigenvalue weighted by atomic mass is 16.5. The minimum absolute atomic E-state index is 0.162. The standard InChI is InChI=1S/C13H17N3O3/c1-13(2,3)19-10-6-4-9(5-7-10)8-11(12(17)18)15-16-14/h4-7,11H,8H2,1-3H3,(H,17,18). The third kappa shape index (κ3) is 5.31. The van der Waals surface area contributed by atoms with Crippen molar-refractivity contribution in [2.75, 3.05) is 0 Å². The van der Waals surface area contributed by atoms with E-state index >= 15 is 0 Å². The third-order valence-corrected chi connectivity index (χ3v) is 2.25. The van der Waals surface area contributed by atoms with Gasteiger partial charge in [0.05, 0.1) is 0 Å². The van der Waals surface area contributed by atoms with Gasteiger partial charge in [-0.05, 0) is 50.4 Å². The van der Waals surface area contributed by atoms with Gasteiger partial charge in [-0.1, -0.05) is 17.2 Å². The summed E-state index contributed by atoms with van der Waals surface area (Å²) in [6.45, 7) is 5.84. The lowest BCUT2D eigenvalue weighted by atomic mass is 10.1. The number of carboxylic acids is 1. The van der Waals surface area contributed by atoms with E-state index in [0.717, 1.165) is 5.56 Å². The summed E-state index contributed by atoms with van der Waals surface area (Å²) in [4.78, 5) is 13.4.